The predicted octanol–water partition coefficient (Wildman–Crippen LogP) is 2.13. The molecule has 0 aliphatic rings. The monoisotopic (exact) mass is 381 g/mol. The molecular weight excluding hydrogens is 373 g/mol. The minimum atomic E-state index is -0.867. The molecule has 25 heavy (non-hydrogen) atoms. The van der Waals surface area contributed by atoms with E-state index in [1.807, 2.05) is 0 Å². The van der Waals surface area contributed by atoms with E-state index in [0.29, 0.717) is 4.68 Å². The number of hydrogen-bond donors (Lipinski definition) is 1. The van der Waals surface area contributed by atoms with E-state index in [-0.39, 0.29) is 31.9 Å². The zero-order valence-corrected chi connectivity index (χ0v) is 14.4. The first-order valence-corrected chi connectivity index (χ1v) is 7.63. The van der Waals surface area contributed by atoms with E-state index in [2.05, 4.69) is 10.1 Å². The summed E-state index contributed by atoms with van der Waals surface area (Å²) in [6.07, 6.45) is 0. The summed E-state index contributed by atoms with van der Waals surface area (Å²) >= 11 is 12.0. The number of nitrogens with one attached hydrogen (secondary N) is 1. The summed E-state index contributed by atoms with van der Waals surface area (Å²) in [6.45, 7) is 2.20. The SMILES string of the molecule is CC(=O)Oc1nn(C(C)=O)c(=O)c2[nH]c3cc(Cl)cc(Cl)c3c(=O)c12. The van der Waals surface area contributed by atoms with Crippen LogP contribution in [0.15, 0.2) is 21.7 Å². The zero-order chi connectivity index (χ0) is 18.5. The highest BCUT2D eigenvalue weighted by atomic mass is 35.5. The lowest BCUT2D eigenvalue weighted by Crippen LogP contribution is -2.30. The van der Waals surface area contributed by atoms with Crippen molar-refractivity contribution >= 4 is 56.9 Å². The van der Waals surface area contributed by atoms with Gasteiger partial charge in [0.1, 0.15) is 10.9 Å². The zero-order valence-electron chi connectivity index (χ0n) is 12.8. The Morgan fingerprint density at radius 3 is 2.44 bits per heavy atom. The Morgan fingerprint density at radius 2 is 1.84 bits per heavy atom. The number of hydrogen-bond acceptors (Lipinski definition) is 6. The molecule has 1 N–H and O–H groups in total. The maximum absolute atomic E-state index is 12.8. The number of rotatable bonds is 1. The van der Waals surface area contributed by atoms with Crippen molar-refractivity contribution in [2.24, 2.45) is 0 Å². The second-order valence-corrected chi connectivity index (χ2v) is 5.99. The number of H-pyrrole nitrogens is 1. The van der Waals surface area contributed by atoms with E-state index in [1.165, 1.54) is 12.1 Å². The van der Waals surface area contributed by atoms with Crippen molar-refractivity contribution in [1.29, 1.82) is 0 Å². The summed E-state index contributed by atoms with van der Waals surface area (Å²) in [6, 6.07) is 2.77. The van der Waals surface area contributed by atoms with Gasteiger partial charge in [0.15, 0.2) is 0 Å². The molecule has 0 aliphatic carbocycles. The molecule has 0 bridgehead atoms. The van der Waals surface area contributed by atoms with Gasteiger partial charge in [-0.3, -0.25) is 19.2 Å². The Labute approximate surface area is 148 Å². The maximum atomic E-state index is 12.8. The first-order chi connectivity index (χ1) is 11.7. The molecule has 2 heterocycles. The van der Waals surface area contributed by atoms with E-state index in [9.17, 15) is 19.2 Å². The van der Waals surface area contributed by atoms with Crippen molar-refractivity contribution in [3.63, 3.8) is 0 Å². The van der Waals surface area contributed by atoms with Crippen LogP contribution < -0.4 is 15.7 Å². The van der Waals surface area contributed by atoms with Crippen LogP contribution >= 0.6 is 23.2 Å². The molecule has 0 saturated carbocycles. The van der Waals surface area contributed by atoms with Gasteiger partial charge in [-0.2, -0.15) is 4.68 Å². The Morgan fingerprint density at radius 1 is 1.16 bits per heavy atom. The van der Waals surface area contributed by atoms with Crippen molar-refractivity contribution in [1.82, 2.24) is 14.8 Å². The molecule has 0 fully saturated rings. The van der Waals surface area contributed by atoms with Gasteiger partial charge < -0.3 is 9.72 Å². The van der Waals surface area contributed by atoms with Gasteiger partial charge in [-0.15, -0.1) is 5.10 Å². The molecule has 10 heteroatoms. The molecule has 1 aromatic carbocycles. The van der Waals surface area contributed by atoms with Crippen molar-refractivity contribution < 1.29 is 14.3 Å². The van der Waals surface area contributed by atoms with Crippen LogP contribution in [0, 0.1) is 0 Å². The third-order valence-corrected chi connectivity index (χ3v) is 3.88. The molecule has 0 unspecified atom stereocenters. The second kappa shape index (κ2) is 5.98. The van der Waals surface area contributed by atoms with Crippen LogP contribution in [-0.2, 0) is 4.79 Å². The maximum Gasteiger partial charge on any atom is 0.309 e. The molecule has 8 nitrogen and oxygen atoms in total. The largest absolute Gasteiger partial charge is 0.405 e. The lowest BCUT2D eigenvalue weighted by Gasteiger charge is -2.10. The summed E-state index contributed by atoms with van der Waals surface area (Å²) in [4.78, 5) is 51.0. The van der Waals surface area contributed by atoms with Gasteiger partial charge in [-0.1, -0.05) is 23.2 Å². The van der Waals surface area contributed by atoms with Crippen LogP contribution in [0.1, 0.15) is 18.6 Å². The van der Waals surface area contributed by atoms with Crippen LogP contribution in [0.2, 0.25) is 10.0 Å². The highest BCUT2D eigenvalue weighted by Crippen LogP contribution is 2.27. The van der Waals surface area contributed by atoms with E-state index < -0.39 is 28.7 Å². The van der Waals surface area contributed by atoms with Gasteiger partial charge >= 0.3 is 5.97 Å². The fourth-order valence-electron chi connectivity index (χ4n) is 2.42. The quantitative estimate of drug-likeness (QED) is 0.510. The van der Waals surface area contributed by atoms with E-state index in [1.54, 1.807) is 0 Å². The third-order valence-electron chi connectivity index (χ3n) is 3.37. The summed E-state index contributed by atoms with van der Waals surface area (Å²) in [5.74, 6) is -1.96. The number of esters is 1. The summed E-state index contributed by atoms with van der Waals surface area (Å²) in [5, 5.41) is 3.74. The standard InChI is InChI=1S/C15H9Cl2N3O5/c1-5(21)20-15(24)12-11(14(19-20)25-6(2)22)13(23)10-8(17)3-7(16)4-9(10)18-12/h3-4H,1-2H3,(H,18,23). The van der Waals surface area contributed by atoms with Gasteiger partial charge in [0.2, 0.25) is 11.3 Å². The number of pyridine rings is 1. The van der Waals surface area contributed by atoms with E-state index >= 15 is 0 Å². The highest BCUT2D eigenvalue weighted by Gasteiger charge is 2.21. The van der Waals surface area contributed by atoms with E-state index in [0.717, 1.165) is 13.8 Å². The van der Waals surface area contributed by atoms with Crippen molar-refractivity contribution in [2.75, 3.05) is 0 Å². The lowest BCUT2D eigenvalue weighted by molar-refractivity contribution is -0.132. The molecule has 0 saturated heterocycles. The lowest BCUT2D eigenvalue weighted by atomic mass is 10.1. The van der Waals surface area contributed by atoms with Gasteiger partial charge in [0.25, 0.3) is 11.4 Å². The molecule has 0 amide bonds. The van der Waals surface area contributed by atoms with E-state index in [4.69, 9.17) is 27.9 Å². The number of carbonyl (C=O) groups is 2. The second-order valence-electron chi connectivity index (χ2n) is 5.15. The molecular formula is C15H9Cl2N3O5. The number of nitrogens with zero attached hydrogens (tertiary/aromatic N) is 2. The third kappa shape index (κ3) is 2.79. The first kappa shape index (κ1) is 17.1. The van der Waals surface area contributed by atoms with Crippen LogP contribution in [0.25, 0.3) is 21.8 Å². The normalized spacial score (nSPS) is 11.0. The number of benzene rings is 1. The highest BCUT2D eigenvalue weighted by molar-refractivity contribution is 6.38. The van der Waals surface area contributed by atoms with Gasteiger partial charge in [0.05, 0.1) is 15.9 Å². The number of ether oxygens (including phenoxy) is 1. The number of aromatic amines is 1. The molecule has 0 spiro atoms. The Bertz CT molecular complexity index is 1200. The fraction of sp³-hybridized carbons (Fsp3) is 0.133. The van der Waals surface area contributed by atoms with Gasteiger partial charge in [0, 0.05) is 18.9 Å². The summed E-state index contributed by atoms with van der Waals surface area (Å²) in [5.41, 5.74) is -1.60. The first-order valence-electron chi connectivity index (χ1n) is 6.88. The summed E-state index contributed by atoms with van der Waals surface area (Å²) in [7, 11) is 0. The molecule has 0 radical (unpaired) electrons. The summed E-state index contributed by atoms with van der Waals surface area (Å²) < 4.78 is 5.41. The predicted molar refractivity (Wildman–Crippen MR) is 91.8 cm³/mol. The minimum absolute atomic E-state index is 0.0498. The van der Waals surface area contributed by atoms with Crippen molar-refractivity contribution in [3.05, 3.63) is 42.8 Å². The smallest absolute Gasteiger partial charge is 0.309 e. The average molecular weight is 382 g/mol. The number of carbonyl (C=O) groups excluding carboxylic acids is 2. The molecule has 0 atom stereocenters. The molecule has 2 aromatic heterocycles. The Balaban J connectivity index is 2.62. The number of aromatic nitrogens is 3. The molecule has 3 aromatic rings. The fourth-order valence-corrected chi connectivity index (χ4v) is 3.00. The van der Waals surface area contributed by atoms with Crippen LogP contribution in [0.4, 0.5) is 0 Å². The molecule has 3 rings (SSSR count). The topological polar surface area (TPSA) is 111 Å². The Hall–Kier alpha value is -2.71. The minimum Gasteiger partial charge on any atom is -0.405 e. The average Bonchev–Trinajstić information content (AvgIpc) is 2.48. The van der Waals surface area contributed by atoms with Gasteiger partial charge in [-0.05, 0) is 12.1 Å². The van der Waals surface area contributed by atoms with Crippen LogP contribution in [-0.4, -0.2) is 26.6 Å². The number of fused-ring (bicyclic) bond motifs is 2. The number of halogens is 2. The molecule has 128 valence electrons. The van der Waals surface area contributed by atoms with Crippen LogP contribution in [0.5, 0.6) is 5.88 Å². The van der Waals surface area contributed by atoms with Gasteiger partial charge in [-0.25, -0.2) is 0 Å². The Kier molecular flexibility index (Phi) is 4.09. The molecule has 0 aliphatic heterocycles. The van der Waals surface area contributed by atoms with Crippen molar-refractivity contribution in [2.45, 2.75) is 13.8 Å². The van der Waals surface area contributed by atoms with Crippen molar-refractivity contribution in [3.8, 4) is 5.88 Å². The van der Waals surface area contributed by atoms with Crippen LogP contribution in [0.3, 0.4) is 0 Å².